The molecule has 2 aromatic rings. The molecule has 0 saturated carbocycles. The van der Waals surface area contributed by atoms with Gasteiger partial charge in [0.15, 0.2) is 0 Å². The zero-order valence-electron chi connectivity index (χ0n) is 16.3. The summed E-state index contributed by atoms with van der Waals surface area (Å²) in [6.07, 6.45) is 1.86. The van der Waals surface area contributed by atoms with Gasteiger partial charge in [-0.2, -0.15) is 0 Å². The number of hydrogen-bond acceptors (Lipinski definition) is 2. The first-order chi connectivity index (χ1) is 11.6. The first-order valence-electron chi connectivity index (χ1n) is 8.75. The first-order valence-corrected chi connectivity index (χ1v) is 10.6. The first kappa shape index (κ1) is 19.6. The summed E-state index contributed by atoms with van der Waals surface area (Å²) in [5, 5.41) is 2.21. The molecule has 0 unspecified atom stereocenters. The third-order valence-electron chi connectivity index (χ3n) is 3.56. The fourth-order valence-electron chi connectivity index (χ4n) is 2.81. The average Bonchev–Trinajstić information content (AvgIpc) is 2.52. The highest BCUT2D eigenvalue weighted by Crippen LogP contribution is 2.24. The molecule has 0 heterocycles. The third-order valence-corrected chi connectivity index (χ3v) is 7.52. The van der Waals surface area contributed by atoms with Gasteiger partial charge in [-0.1, -0.05) is 67.3 Å². The van der Waals surface area contributed by atoms with Crippen LogP contribution in [0.2, 0.25) is 0 Å². The van der Waals surface area contributed by atoms with Crippen molar-refractivity contribution in [1.82, 2.24) is 0 Å². The van der Waals surface area contributed by atoms with Crippen molar-refractivity contribution >= 4 is 25.0 Å². The zero-order chi connectivity index (χ0) is 18.7. The van der Waals surface area contributed by atoms with Crippen molar-refractivity contribution in [3.63, 3.8) is 0 Å². The largest absolute Gasteiger partial charge is 0.407 e. The Bertz CT molecular complexity index is 693. The van der Waals surface area contributed by atoms with Crippen LogP contribution >= 0.6 is 0 Å². The topological polar surface area (TPSA) is 18.5 Å². The van der Waals surface area contributed by atoms with E-state index in [2.05, 4.69) is 84.5 Å². The molecular weight excluding hydrogens is 324 g/mol. The van der Waals surface area contributed by atoms with Gasteiger partial charge in [-0.15, -0.1) is 0 Å². The highest BCUT2D eigenvalue weighted by molar-refractivity contribution is 6.92. The van der Waals surface area contributed by atoms with Gasteiger partial charge >= 0.3 is 8.56 Å². The van der Waals surface area contributed by atoms with Crippen molar-refractivity contribution < 1.29 is 8.85 Å². The minimum Gasteiger partial charge on any atom is -0.383 e. The quantitative estimate of drug-likeness (QED) is 0.735. The Kier molecular flexibility index (Phi) is 5.72. The van der Waals surface area contributed by atoms with Crippen molar-refractivity contribution in [2.24, 2.45) is 0 Å². The lowest BCUT2D eigenvalue weighted by molar-refractivity contribution is 0.0296. The Morgan fingerprint density at radius 3 is 1.76 bits per heavy atom. The van der Waals surface area contributed by atoms with Crippen LogP contribution in [0.5, 0.6) is 0 Å². The maximum Gasteiger partial charge on any atom is 0.407 e. The Balaban J connectivity index is 2.75. The van der Waals surface area contributed by atoms with Gasteiger partial charge in [-0.05, 0) is 57.5 Å². The molecule has 2 aromatic carbocycles. The van der Waals surface area contributed by atoms with E-state index >= 15 is 0 Å². The molecule has 2 nitrogen and oxygen atoms in total. The van der Waals surface area contributed by atoms with Crippen LogP contribution in [0.3, 0.4) is 0 Å². The summed E-state index contributed by atoms with van der Waals surface area (Å²) in [4.78, 5) is 0. The summed E-state index contributed by atoms with van der Waals surface area (Å²) in [6, 6.07) is 18.7. The Morgan fingerprint density at radius 2 is 1.28 bits per heavy atom. The number of hydrogen-bond donors (Lipinski definition) is 0. The van der Waals surface area contributed by atoms with Crippen LogP contribution in [0, 0.1) is 0 Å². The molecule has 0 N–H and O–H groups in total. The molecule has 25 heavy (non-hydrogen) atoms. The SMILES string of the molecule is C=Cc1cccc([Si](OC(C)(C)C)(OC(C)(C)C)c2ccccc2)c1. The van der Waals surface area contributed by atoms with Crippen LogP contribution in [0.4, 0.5) is 0 Å². The van der Waals surface area contributed by atoms with E-state index in [1.165, 1.54) is 0 Å². The minimum atomic E-state index is -2.91. The molecule has 0 aliphatic rings. The van der Waals surface area contributed by atoms with Gasteiger partial charge in [0.1, 0.15) is 0 Å². The average molecular weight is 355 g/mol. The fraction of sp³-hybridized carbons (Fsp3) is 0.364. The molecule has 0 saturated heterocycles. The normalized spacial score (nSPS) is 12.9. The summed E-state index contributed by atoms with van der Waals surface area (Å²) >= 11 is 0. The van der Waals surface area contributed by atoms with Crippen molar-refractivity contribution in [2.45, 2.75) is 52.7 Å². The van der Waals surface area contributed by atoms with Crippen LogP contribution in [0.15, 0.2) is 61.2 Å². The summed E-state index contributed by atoms with van der Waals surface area (Å²) in [6.45, 7) is 16.4. The van der Waals surface area contributed by atoms with E-state index in [-0.39, 0.29) is 11.2 Å². The molecule has 2 rings (SSSR count). The van der Waals surface area contributed by atoms with Crippen molar-refractivity contribution in [3.05, 3.63) is 66.7 Å². The summed E-state index contributed by atoms with van der Waals surface area (Å²) < 4.78 is 13.5. The van der Waals surface area contributed by atoms with Gasteiger partial charge in [0.2, 0.25) is 0 Å². The van der Waals surface area contributed by atoms with E-state index in [1.807, 2.05) is 24.3 Å². The van der Waals surface area contributed by atoms with Crippen molar-refractivity contribution in [3.8, 4) is 0 Å². The molecular formula is C22H30O2Si. The molecule has 0 spiro atoms. The van der Waals surface area contributed by atoms with Crippen LogP contribution in [0.25, 0.3) is 6.08 Å². The van der Waals surface area contributed by atoms with Crippen molar-refractivity contribution in [1.29, 1.82) is 0 Å². The second-order valence-corrected chi connectivity index (χ2v) is 11.0. The maximum atomic E-state index is 6.76. The predicted molar refractivity (Wildman–Crippen MR) is 110 cm³/mol. The number of rotatable bonds is 5. The molecule has 0 amide bonds. The van der Waals surface area contributed by atoms with Gasteiger partial charge in [0, 0.05) is 0 Å². The maximum absolute atomic E-state index is 6.76. The highest BCUT2D eigenvalue weighted by atomic mass is 28.4. The Labute approximate surface area is 153 Å². The fourth-order valence-corrected chi connectivity index (χ4v) is 6.69. The van der Waals surface area contributed by atoms with Gasteiger partial charge < -0.3 is 8.85 Å². The lowest BCUT2D eigenvalue weighted by Gasteiger charge is -2.41. The smallest absolute Gasteiger partial charge is 0.383 e. The van der Waals surface area contributed by atoms with E-state index in [1.54, 1.807) is 0 Å². The van der Waals surface area contributed by atoms with E-state index in [0.717, 1.165) is 15.9 Å². The van der Waals surface area contributed by atoms with Crippen LogP contribution in [-0.2, 0) is 8.85 Å². The highest BCUT2D eigenvalue weighted by Gasteiger charge is 2.48. The summed E-state index contributed by atoms with van der Waals surface area (Å²) in [7, 11) is -2.91. The Morgan fingerprint density at radius 1 is 0.760 bits per heavy atom. The predicted octanol–water partition coefficient (Wildman–Crippen LogP) is 4.52. The van der Waals surface area contributed by atoms with E-state index in [9.17, 15) is 0 Å². The van der Waals surface area contributed by atoms with Gasteiger partial charge in [-0.25, -0.2) is 0 Å². The van der Waals surface area contributed by atoms with E-state index < -0.39 is 8.56 Å². The van der Waals surface area contributed by atoms with E-state index in [0.29, 0.717) is 0 Å². The van der Waals surface area contributed by atoms with Crippen LogP contribution < -0.4 is 10.4 Å². The lowest BCUT2D eigenvalue weighted by Crippen LogP contribution is -2.68. The van der Waals surface area contributed by atoms with Gasteiger partial charge in [-0.3, -0.25) is 0 Å². The summed E-state index contributed by atoms with van der Waals surface area (Å²) in [5.41, 5.74) is 0.398. The van der Waals surface area contributed by atoms with Gasteiger partial charge in [0.25, 0.3) is 0 Å². The van der Waals surface area contributed by atoms with Gasteiger partial charge in [0.05, 0.1) is 11.2 Å². The second-order valence-electron chi connectivity index (χ2n) is 8.24. The molecule has 0 aromatic heterocycles. The van der Waals surface area contributed by atoms with E-state index in [4.69, 9.17) is 8.85 Å². The third kappa shape index (κ3) is 5.14. The Hall–Kier alpha value is -1.68. The molecule has 0 aliphatic heterocycles. The van der Waals surface area contributed by atoms with Crippen LogP contribution in [-0.4, -0.2) is 19.8 Å². The summed E-state index contributed by atoms with van der Waals surface area (Å²) in [5.74, 6) is 0. The monoisotopic (exact) mass is 354 g/mol. The molecule has 0 fully saturated rings. The minimum absolute atomic E-state index is 0.336. The standard InChI is InChI=1S/C22H30O2Si/c1-8-18-13-12-16-20(17-18)25(23-21(2,3)4,24-22(5,6)7)19-14-10-9-11-15-19/h8-17H,1H2,2-7H3. The lowest BCUT2D eigenvalue weighted by atomic mass is 10.2. The van der Waals surface area contributed by atoms with Crippen LogP contribution in [0.1, 0.15) is 47.1 Å². The molecule has 3 heteroatoms. The molecule has 0 bridgehead atoms. The molecule has 0 atom stereocenters. The zero-order valence-corrected chi connectivity index (χ0v) is 17.3. The molecule has 0 radical (unpaired) electrons. The molecule has 0 aliphatic carbocycles. The number of benzene rings is 2. The van der Waals surface area contributed by atoms with Crippen molar-refractivity contribution in [2.75, 3.05) is 0 Å². The molecule has 134 valence electrons. The second kappa shape index (κ2) is 7.28.